The zero-order chi connectivity index (χ0) is 19.3. The molecule has 3 heterocycles. The highest BCUT2D eigenvalue weighted by atomic mass is 16.2. The molecule has 2 fully saturated rings. The van der Waals surface area contributed by atoms with Crippen molar-refractivity contribution in [1.29, 1.82) is 0 Å². The molecule has 1 aliphatic heterocycles. The predicted octanol–water partition coefficient (Wildman–Crippen LogP) is 3.63. The van der Waals surface area contributed by atoms with Crippen LogP contribution in [0, 0.1) is 11.8 Å². The largest absolute Gasteiger partial charge is 0.342 e. The molecule has 1 atom stereocenters. The molecule has 4 rings (SSSR count). The van der Waals surface area contributed by atoms with Crippen LogP contribution in [-0.2, 0) is 18.3 Å². The van der Waals surface area contributed by atoms with E-state index in [-0.39, 0.29) is 0 Å². The fourth-order valence-electron chi connectivity index (χ4n) is 4.81. The van der Waals surface area contributed by atoms with E-state index in [2.05, 4.69) is 19.9 Å². The standard InChI is InChI=1S/C22H31N5O/c1-26-16-23-14-20(26)22-19(24-9-10-25-22)12-18-8-5-11-27(15-18)21(28)13-17-6-3-2-4-7-17/h9-10,14,16-18H,2-8,11-13,15H2,1H3/t18-/m1/s1. The number of aromatic nitrogens is 4. The Morgan fingerprint density at radius 3 is 2.64 bits per heavy atom. The van der Waals surface area contributed by atoms with Gasteiger partial charge in [-0.1, -0.05) is 19.3 Å². The summed E-state index contributed by atoms with van der Waals surface area (Å²) in [5.41, 5.74) is 2.91. The molecule has 2 aromatic heterocycles. The molecule has 1 saturated carbocycles. The number of amides is 1. The quantitative estimate of drug-likeness (QED) is 0.793. The molecule has 0 radical (unpaired) electrons. The van der Waals surface area contributed by atoms with Crippen LogP contribution < -0.4 is 0 Å². The summed E-state index contributed by atoms with van der Waals surface area (Å²) in [6.07, 6.45) is 17.4. The summed E-state index contributed by atoms with van der Waals surface area (Å²) in [6, 6.07) is 0. The van der Waals surface area contributed by atoms with Crippen LogP contribution in [0.5, 0.6) is 0 Å². The van der Waals surface area contributed by atoms with Gasteiger partial charge in [-0.2, -0.15) is 0 Å². The molecule has 0 N–H and O–H groups in total. The van der Waals surface area contributed by atoms with E-state index in [1.807, 2.05) is 17.8 Å². The maximum atomic E-state index is 12.8. The average Bonchev–Trinajstić information content (AvgIpc) is 3.15. The Hall–Kier alpha value is -2.24. The first kappa shape index (κ1) is 19.1. The van der Waals surface area contributed by atoms with E-state index >= 15 is 0 Å². The normalized spacial score (nSPS) is 21.0. The van der Waals surface area contributed by atoms with Crippen LogP contribution in [0.4, 0.5) is 0 Å². The van der Waals surface area contributed by atoms with Crippen LogP contribution in [0.1, 0.15) is 57.1 Å². The molecule has 6 heteroatoms. The van der Waals surface area contributed by atoms with Crippen LogP contribution in [0.15, 0.2) is 24.9 Å². The van der Waals surface area contributed by atoms with Crippen molar-refractivity contribution in [2.75, 3.05) is 13.1 Å². The summed E-state index contributed by atoms with van der Waals surface area (Å²) < 4.78 is 1.98. The number of carbonyl (C=O) groups is 1. The van der Waals surface area contributed by atoms with Crippen molar-refractivity contribution < 1.29 is 4.79 Å². The molecule has 150 valence electrons. The fourth-order valence-corrected chi connectivity index (χ4v) is 4.81. The van der Waals surface area contributed by atoms with Gasteiger partial charge in [-0.3, -0.25) is 14.8 Å². The van der Waals surface area contributed by atoms with Gasteiger partial charge in [-0.05, 0) is 43.9 Å². The van der Waals surface area contributed by atoms with Crippen molar-refractivity contribution in [2.45, 2.75) is 57.8 Å². The Labute approximate surface area is 167 Å². The topological polar surface area (TPSA) is 63.9 Å². The van der Waals surface area contributed by atoms with E-state index in [9.17, 15) is 4.79 Å². The van der Waals surface area contributed by atoms with Gasteiger partial charge in [-0.25, -0.2) is 4.98 Å². The highest BCUT2D eigenvalue weighted by molar-refractivity contribution is 5.76. The molecule has 1 amide bonds. The van der Waals surface area contributed by atoms with Crippen LogP contribution in [-0.4, -0.2) is 43.4 Å². The van der Waals surface area contributed by atoms with Gasteiger partial charge in [0.2, 0.25) is 5.91 Å². The third-order valence-electron chi connectivity index (χ3n) is 6.38. The predicted molar refractivity (Wildman–Crippen MR) is 108 cm³/mol. The molecule has 0 unspecified atom stereocenters. The van der Waals surface area contributed by atoms with Gasteiger partial charge in [-0.15, -0.1) is 0 Å². The minimum absolute atomic E-state index is 0.364. The monoisotopic (exact) mass is 381 g/mol. The first-order valence-electron chi connectivity index (χ1n) is 10.7. The fraction of sp³-hybridized carbons (Fsp3) is 0.636. The maximum absolute atomic E-state index is 12.8. The van der Waals surface area contributed by atoms with Crippen LogP contribution in [0.3, 0.4) is 0 Å². The van der Waals surface area contributed by atoms with Gasteiger partial charge in [0.05, 0.1) is 23.9 Å². The smallest absolute Gasteiger partial charge is 0.222 e. The van der Waals surface area contributed by atoms with Crippen LogP contribution >= 0.6 is 0 Å². The first-order valence-corrected chi connectivity index (χ1v) is 10.7. The van der Waals surface area contributed by atoms with Crippen LogP contribution in [0.2, 0.25) is 0 Å². The third kappa shape index (κ3) is 4.42. The summed E-state index contributed by atoms with van der Waals surface area (Å²) in [7, 11) is 1.98. The van der Waals surface area contributed by atoms with Crippen molar-refractivity contribution in [3.63, 3.8) is 0 Å². The minimum atomic E-state index is 0.364. The Bertz CT molecular complexity index is 796. The molecular weight excluding hydrogens is 350 g/mol. The molecule has 0 spiro atoms. The summed E-state index contributed by atoms with van der Waals surface area (Å²) in [5.74, 6) is 1.42. The Morgan fingerprint density at radius 2 is 1.86 bits per heavy atom. The van der Waals surface area contributed by atoms with Crippen molar-refractivity contribution in [3.8, 4) is 11.4 Å². The van der Waals surface area contributed by atoms with Gasteiger partial charge in [0, 0.05) is 39.0 Å². The molecule has 0 aromatic carbocycles. The van der Waals surface area contributed by atoms with Gasteiger partial charge in [0.1, 0.15) is 5.69 Å². The number of hydrogen-bond donors (Lipinski definition) is 0. The second-order valence-corrected chi connectivity index (χ2v) is 8.50. The third-order valence-corrected chi connectivity index (χ3v) is 6.38. The lowest BCUT2D eigenvalue weighted by Gasteiger charge is -2.34. The van der Waals surface area contributed by atoms with E-state index in [1.54, 1.807) is 18.7 Å². The van der Waals surface area contributed by atoms with E-state index in [4.69, 9.17) is 0 Å². The SMILES string of the molecule is Cn1cncc1-c1nccnc1C[C@H]1CCCN(C(=O)CC2CCCCC2)C1. The molecule has 0 bridgehead atoms. The van der Waals surface area contributed by atoms with Crippen molar-refractivity contribution in [1.82, 2.24) is 24.4 Å². The molecule has 2 aliphatic rings. The number of likely N-dealkylation sites (tertiary alicyclic amines) is 1. The average molecular weight is 382 g/mol. The van der Waals surface area contributed by atoms with Gasteiger partial charge in [0.15, 0.2) is 0 Å². The van der Waals surface area contributed by atoms with E-state index in [0.717, 1.165) is 55.9 Å². The summed E-state index contributed by atoms with van der Waals surface area (Å²) in [4.78, 5) is 28.4. The molecule has 2 aromatic rings. The Morgan fingerprint density at radius 1 is 1.07 bits per heavy atom. The number of nitrogens with zero attached hydrogens (tertiary/aromatic N) is 5. The van der Waals surface area contributed by atoms with Crippen molar-refractivity contribution >= 4 is 5.91 Å². The van der Waals surface area contributed by atoms with Gasteiger partial charge >= 0.3 is 0 Å². The molecule has 28 heavy (non-hydrogen) atoms. The van der Waals surface area contributed by atoms with E-state index in [0.29, 0.717) is 17.7 Å². The highest BCUT2D eigenvalue weighted by Gasteiger charge is 2.27. The molecular formula is C22H31N5O. The summed E-state index contributed by atoms with van der Waals surface area (Å²) in [5, 5.41) is 0. The van der Waals surface area contributed by atoms with Crippen LogP contribution in [0.25, 0.3) is 11.4 Å². The van der Waals surface area contributed by atoms with E-state index in [1.165, 1.54) is 32.1 Å². The Balaban J connectivity index is 1.40. The second kappa shape index (κ2) is 8.84. The summed E-state index contributed by atoms with van der Waals surface area (Å²) in [6.45, 7) is 1.77. The zero-order valence-corrected chi connectivity index (χ0v) is 16.9. The number of piperidine rings is 1. The van der Waals surface area contributed by atoms with Gasteiger partial charge < -0.3 is 9.47 Å². The first-order chi connectivity index (χ1) is 13.7. The molecule has 6 nitrogen and oxygen atoms in total. The highest BCUT2D eigenvalue weighted by Crippen LogP contribution is 2.29. The zero-order valence-electron chi connectivity index (χ0n) is 16.9. The van der Waals surface area contributed by atoms with Crippen molar-refractivity contribution in [2.24, 2.45) is 18.9 Å². The second-order valence-electron chi connectivity index (χ2n) is 8.50. The van der Waals surface area contributed by atoms with Crippen molar-refractivity contribution in [3.05, 3.63) is 30.6 Å². The lowest BCUT2D eigenvalue weighted by molar-refractivity contribution is -0.134. The molecule has 1 aliphatic carbocycles. The number of imidazole rings is 1. The lowest BCUT2D eigenvalue weighted by atomic mass is 9.86. The number of carbonyl (C=O) groups excluding carboxylic acids is 1. The Kier molecular flexibility index (Phi) is 6.03. The maximum Gasteiger partial charge on any atom is 0.222 e. The summed E-state index contributed by atoms with van der Waals surface area (Å²) >= 11 is 0. The number of aryl methyl sites for hydroxylation is 1. The minimum Gasteiger partial charge on any atom is -0.342 e. The van der Waals surface area contributed by atoms with E-state index < -0.39 is 0 Å². The lowest BCUT2D eigenvalue weighted by Crippen LogP contribution is -2.41. The number of hydrogen-bond acceptors (Lipinski definition) is 4. The van der Waals surface area contributed by atoms with Gasteiger partial charge in [0.25, 0.3) is 0 Å². The molecule has 1 saturated heterocycles. The number of rotatable bonds is 5.